The van der Waals surface area contributed by atoms with Crippen LogP contribution in [0.4, 0.5) is 0 Å². The van der Waals surface area contributed by atoms with Crippen molar-refractivity contribution in [3.05, 3.63) is 17.5 Å². The van der Waals surface area contributed by atoms with Crippen molar-refractivity contribution in [3.63, 3.8) is 0 Å². The van der Waals surface area contributed by atoms with Crippen LogP contribution in [0.1, 0.15) is 16.1 Å². The second-order valence-electron chi connectivity index (χ2n) is 3.05. The summed E-state index contributed by atoms with van der Waals surface area (Å²) in [5.74, 6) is -0.651. The summed E-state index contributed by atoms with van der Waals surface area (Å²) in [5, 5.41) is 3.74. The van der Waals surface area contributed by atoms with Crippen LogP contribution in [0.25, 0.3) is 0 Å². The molecule has 0 aliphatic rings. The molecule has 0 atom stereocenters. The Morgan fingerprint density at radius 1 is 1.50 bits per heavy atom. The molecule has 0 saturated carbocycles. The molecule has 1 heterocycles. The Morgan fingerprint density at radius 2 is 2.12 bits per heavy atom. The zero-order valence-electron chi connectivity index (χ0n) is 9.13. The van der Waals surface area contributed by atoms with Crippen molar-refractivity contribution in [1.82, 2.24) is 9.19 Å². The van der Waals surface area contributed by atoms with Gasteiger partial charge in [0.15, 0.2) is 0 Å². The fourth-order valence-electron chi connectivity index (χ4n) is 1.08. The second-order valence-corrected chi connectivity index (χ2v) is 4.89. The summed E-state index contributed by atoms with van der Waals surface area (Å²) in [6.45, 7) is 0.0347. The lowest BCUT2D eigenvalue weighted by atomic mass is 10.2. The van der Waals surface area contributed by atoms with Gasteiger partial charge >= 0.3 is 5.97 Å². The molecule has 0 radical (unpaired) electrons. The largest absolute Gasteiger partial charge is 0.465 e. The summed E-state index contributed by atoms with van der Waals surface area (Å²) < 4.78 is 32.5. The van der Waals surface area contributed by atoms with E-state index in [1.54, 1.807) is 0 Å². The molecule has 0 spiro atoms. The van der Waals surface area contributed by atoms with Crippen LogP contribution < -0.4 is 0 Å². The zero-order chi connectivity index (χ0) is 12.3. The van der Waals surface area contributed by atoms with Crippen LogP contribution in [0.3, 0.4) is 0 Å². The van der Waals surface area contributed by atoms with Gasteiger partial charge in [-0.3, -0.25) is 0 Å². The van der Waals surface area contributed by atoms with E-state index in [9.17, 15) is 13.2 Å². The molecular formula is C8H12N2O5S. The summed E-state index contributed by atoms with van der Waals surface area (Å²) in [6.07, 6.45) is 2.09. The van der Waals surface area contributed by atoms with Gasteiger partial charge in [-0.25, -0.2) is 13.2 Å². The van der Waals surface area contributed by atoms with Crippen LogP contribution in [0.15, 0.2) is 6.20 Å². The van der Waals surface area contributed by atoms with E-state index in [0.717, 1.165) is 12.5 Å². The lowest BCUT2D eigenvalue weighted by Gasteiger charge is -1.97. The maximum Gasteiger partial charge on any atom is 0.341 e. The Labute approximate surface area is 93.0 Å². The van der Waals surface area contributed by atoms with Gasteiger partial charge in [0, 0.05) is 7.11 Å². The van der Waals surface area contributed by atoms with E-state index in [4.69, 9.17) is 4.74 Å². The number of aromatic nitrogens is 2. The molecule has 0 aliphatic heterocycles. The number of nitrogens with zero attached hydrogens (tertiary/aromatic N) is 2. The third kappa shape index (κ3) is 2.58. The molecule has 1 aromatic heterocycles. The van der Waals surface area contributed by atoms with E-state index in [1.165, 1.54) is 14.2 Å². The Balaban J connectivity index is 3.25. The number of carbonyl (C=O) groups excluding carboxylic acids is 1. The van der Waals surface area contributed by atoms with Crippen molar-refractivity contribution in [3.8, 4) is 0 Å². The summed E-state index contributed by atoms with van der Waals surface area (Å²) in [4.78, 5) is 11.3. The monoisotopic (exact) mass is 248 g/mol. The quantitative estimate of drug-likeness (QED) is 0.675. The van der Waals surface area contributed by atoms with E-state index in [2.05, 4.69) is 9.84 Å². The van der Waals surface area contributed by atoms with E-state index in [0.29, 0.717) is 4.09 Å². The molecule has 0 aliphatic carbocycles. The first-order valence-corrected chi connectivity index (χ1v) is 6.11. The van der Waals surface area contributed by atoms with E-state index >= 15 is 0 Å². The lowest BCUT2D eigenvalue weighted by Crippen LogP contribution is -2.10. The van der Waals surface area contributed by atoms with Crippen LogP contribution in [0.2, 0.25) is 0 Å². The Morgan fingerprint density at radius 3 is 2.56 bits per heavy atom. The van der Waals surface area contributed by atoms with Crippen molar-refractivity contribution in [2.45, 2.75) is 6.61 Å². The van der Waals surface area contributed by atoms with Gasteiger partial charge in [-0.05, 0) is 0 Å². The number of ether oxygens (including phenoxy) is 2. The van der Waals surface area contributed by atoms with Crippen molar-refractivity contribution in [1.29, 1.82) is 0 Å². The van der Waals surface area contributed by atoms with Crippen LogP contribution in [0.5, 0.6) is 0 Å². The average Bonchev–Trinajstić information content (AvgIpc) is 2.61. The number of methoxy groups -OCH3 is 2. The number of rotatable bonds is 4. The average molecular weight is 248 g/mol. The highest BCUT2D eigenvalue weighted by Crippen LogP contribution is 2.11. The zero-order valence-corrected chi connectivity index (χ0v) is 9.94. The minimum Gasteiger partial charge on any atom is -0.465 e. The lowest BCUT2D eigenvalue weighted by molar-refractivity contribution is 0.0596. The Bertz CT molecular complexity index is 491. The summed E-state index contributed by atoms with van der Waals surface area (Å²) in [6, 6.07) is 0. The summed E-state index contributed by atoms with van der Waals surface area (Å²) in [5.41, 5.74) is 0.301. The molecule has 1 rings (SSSR count). The van der Waals surface area contributed by atoms with Crippen LogP contribution >= 0.6 is 0 Å². The maximum atomic E-state index is 11.3. The van der Waals surface area contributed by atoms with Gasteiger partial charge in [-0.1, -0.05) is 0 Å². The number of carbonyl (C=O) groups is 1. The number of hydrogen-bond acceptors (Lipinski definition) is 6. The van der Waals surface area contributed by atoms with Gasteiger partial charge in [0.2, 0.25) is 0 Å². The number of hydrogen-bond donors (Lipinski definition) is 0. The Kier molecular flexibility index (Phi) is 3.66. The highest BCUT2D eigenvalue weighted by molar-refractivity contribution is 7.89. The molecule has 16 heavy (non-hydrogen) atoms. The summed E-state index contributed by atoms with van der Waals surface area (Å²) in [7, 11) is -0.900. The fraction of sp³-hybridized carbons (Fsp3) is 0.500. The molecule has 0 bridgehead atoms. The SMILES string of the molecule is COCc1nn(S(C)(=O)=O)cc1C(=O)OC. The Hall–Kier alpha value is -1.41. The first kappa shape index (κ1) is 12.7. The van der Waals surface area contributed by atoms with E-state index < -0.39 is 16.0 Å². The normalized spacial score (nSPS) is 11.4. The van der Waals surface area contributed by atoms with Crippen molar-refractivity contribution >= 4 is 16.0 Å². The van der Waals surface area contributed by atoms with Crippen molar-refractivity contribution < 1.29 is 22.7 Å². The van der Waals surface area contributed by atoms with Gasteiger partial charge in [-0.15, -0.1) is 0 Å². The van der Waals surface area contributed by atoms with Crippen LogP contribution in [-0.4, -0.2) is 44.0 Å². The molecule has 7 nitrogen and oxygen atoms in total. The smallest absolute Gasteiger partial charge is 0.341 e. The molecule has 0 aromatic carbocycles. The molecular weight excluding hydrogens is 236 g/mol. The number of esters is 1. The van der Waals surface area contributed by atoms with Gasteiger partial charge in [0.05, 0.1) is 26.2 Å². The summed E-state index contributed by atoms with van der Waals surface area (Å²) >= 11 is 0. The molecule has 1 aromatic rings. The molecule has 0 amide bonds. The van der Waals surface area contributed by atoms with Gasteiger partial charge in [-0.2, -0.15) is 9.19 Å². The van der Waals surface area contributed by atoms with Gasteiger partial charge in [0.1, 0.15) is 11.3 Å². The molecule has 8 heteroatoms. The topological polar surface area (TPSA) is 87.5 Å². The fourth-order valence-corrected chi connectivity index (χ4v) is 1.62. The third-order valence-electron chi connectivity index (χ3n) is 1.80. The molecule has 0 saturated heterocycles. The predicted molar refractivity (Wildman–Crippen MR) is 54.5 cm³/mol. The minimum absolute atomic E-state index is 0.0347. The third-order valence-corrected chi connectivity index (χ3v) is 2.66. The predicted octanol–water partition coefficient (Wildman–Crippen LogP) is -0.376. The minimum atomic E-state index is -3.52. The van der Waals surface area contributed by atoms with Gasteiger partial charge < -0.3 is 9.47 Å². The van der Waals surface area contributed by atoms with Crippen LogP contribution in [-0.2, 0) is 26.1 Å². The second kappa shape index (κ2) is 4.62. The standard InChI is InChI=1S/C8H12N2O5S/c1-14-5-7-6(8(11)15-2)4-10(9-7)16(3,12)13/h4H,5H2,1-3H3. The molecule has 90 valence electrons. The molecule has 0 N–H and O–H groups in total. The van der Waals surface area contributed by atoms with Crippen molar-refractivity contribution in [2.24, 2.45) is 0 Å². The maximum absolute atomic E-state index is 11.3. The van der Waals surface area contributed by atoms with E-state index in [-0.39, 0.29) is 17.9 Å². The van der Waals surface area contributed by atoms with Crippen molar-refractivity contribution in [2.75, 3.05) is 20.5 Å². The first-order chi connectivity index (χ1) is 7.40. The van der Waals surface area contributed by atoms with Crippen LogP contribution in [0, 0.1) is 0 Å². The molecule has 0 unspecified atom stereocenters. The highest BCUT2D eigenvalue weighted by atomic mass is 32.2. The highest BCUT2D eigenvalue weighted by Gasteiger charge is 2.19. The first-order valence-electron chi connectivity index (χ1n) is 4.26. The van der Waals surface area contributed by atoms with E-state index in [1.807, 2.05) is 0 Å². The van der Waals surface area contributed by atoms with Gasteiger partial charge in [0.25, 0.3) is 10.0 Å². The molecule has 0 fully saturated rings.